The molecule has 1 aromatic carbocycles. The zero-order valence-electron chi connectivity index (χ0n) is 14.0. The molecule has 0 aromatic heterocycles. The number of hydrogen-bond acceptors (Lipinski definition) is 6. The number of halogens is 4. The monoisotopic (exact) mass is 420 g/mol. The van der Waals surface area contributed by atoms with Gasteiger partial charge in [-0.3, -0.25) is 14.9 Å². The highest BCUT2D eigenvalue weighted by atomic mass is 35.5. The van der Waals surface area contributed by atoms with E-state index in [1.54, 1.807) is 0 Å². The number of imide groups is 1. The molecule has 28 heavy (non-hydrogen) atoms. The third-order valence-corrected chi connectivity index (χ3v) is 4.49. The standard InChI is InChI=1S/C16H12ClF3N2O6/c17-8-1-2-10-9(7-8)15(16(18,19)20,27-14(26)21-10)6-5-13(25)28-22-11(23)3-4-12(22)24/h1-2,7H,3-6H2,(H,21,26)/t15-/m0/s1. The molecule has 1 fully saturated rings. The van der Waals surface area contributed by atoms with Crippen molar-refractivity contribution in [2.45, 2.75) is 37.5 Å². The Hall–Kier alpha value is -2.82. The number of nitrogens with one attached hydrogen (secondary N) is 1. The zero-order chi connectivity index (χ0) is 20.7. The lowest BCUT2D eigenvalue weighted by Crippen LogP contribution is -2.50. The van der Waals surface area contributed by atoms with Gasteiger partial charge in [0.2, 0.25) is 5.60 Å². The number of anilines is 1. The summed E-state index contributed by atoms with van der Waals surface area (Å²) < 4.78 is 46.4. The maximum atomic E-state index is 13.9. The first-order valence-corrected chi connectivity index (χ1v) is 8.34. The summed E-state index contributed by atoms with van der Waals surface area (Å²) in [5.41, 5.74) is -3.81. The fraction of sp³-hybridized carbons (Fsp3) is 0.375. The lowest BCUT2D eigenvalue weighted by molar-refractivity contribution is -0.268. The minimum Gasteiger partial charge on any atom is -0.428 e. The first-order chi connectivity index (χ1) is 13.0. The molecule has 0 radical (unpaired) electrons. The smallest absolute Gasteiger partial charge is 0.428 e. The molecule has 2 heterocycles. The van der Waals surface area contributed by atoms with Crippen molar-refractivity contribution in [3.8, 4) is 0 Å². The van der Waals surface area contributed by atoms with Gasteiger partial charge in [-0.15, -0.1) is 5.06 Å². The summed E-state index contributed by atoms with van der Waals surface area (Å²) in [4.78, 5) is 51.1. The summed E-state index contributed by atoms with van der Waals surface area (Å²) in [6.45, 7) is 0. The van der Waals surface area contributed by atoms with Crippen LogP contribution in [0, 0.1) is 0 Å². The van der Waals surface area contributed by atoms with E-state index >= 15 is 0 Å². The summed E-state index contributed by atoms with van der Waals surface area (Å²) in [5, 5.41) is 2.32. The van der Waals surface area contributed by atoms with Crippen LogP contribution in [0.1, 0.15) is 31.2 Å². The van der Waals surface area contributed by atoms with Gasteiger partial charge >= 0.3 is 18.2 Å². The van der Waals surface area contributed by atoms with Crippen molar-refractivity contribution in [1.29, 1.82) is 0 Å². The van der Waals surface area contributed by atoms with Crippen molar-refractivity contribution in [3.05, 3.63) is 28.8 Å². The van der Waals surface area contributed by atoms with Crippen molar-refractivity contribution in [3.63, 3.8) is 0 Å². The first kappa shape index (κ1) is 19.9. The maximum Gasteiger partial charge on any atom is 0.432 e. The average molecular weight is 421 g/mol. The van der Waals surface area contributed by atoms with E-state index in [0.29, 0.717) is 0 Å². The Bertz CT molecular complexity index is 858. The fourth-order valence-electron chi connectivity index (χ4n) is 2.93. The van der Waals surface area contributed by atoms with Crippen LogP contribution in [-0.2, 0) is 29.6 Å². The Balaban J connectivity index is 1.87. The largest absolute Gasteiger partial charge is 0.432 e. The van der Waals surface area contributed by atoms with Gasteiger partial charge in [0.25, 0.3) is 11.8 Å². The summed E-state index contributed by atoms with van der Waals surface area (Å²) in [6.07, 6.45) is -8.70. The van der Waals surface area contributed by atoms with Gasteiger partial charge in [-0.1, -0.05) is 11.6 Å². The van der Waals surface area contributed by atoms with Crippen LogP contribution in [0.2, 0.25) is 5.02 Å². The summed E-state index contributed by atoms with van der Waals surface area (Å²) in [7, 11) is 0. The quantitative estimate of drug-likeness (QED) is 0.751. The van der Waals surface area contributed by atoms with Crippen molar-refractivity contribution >= 4 is 41.2 Å². The Morgan fingerprint density at radius 1 is 1.25 bits per heavy atom. The number of hydroxylamine groups is 2. The topological polar surface area (TPSA) is 102 Å². The van der Waals surface area contributed by atoms with Crippen LogP contribution in [0.3, 0.4) is 0 Å². The van der Waals surface area contributed by atoms with Crippen molar-refractivity contribution in [1.82, 2.24) is 5.06 Å². The van der Waals surface area contributed by atoms with Crippen molar-refractivity contribution < 1.29 is 41.9 Å². The van der Waals surface area contributed by atoms with Crippen LogP contribution in [0.25, 0.3) is 0 Å². The SMILES string of the molecule is O=C(CC[C@]1(C(F)(F)F)OC(=O)Nc2ccc(Cl)cc21)ON1C(=O)CCC1=O. The highest BCUT2D eigenvalue weighted by Gasteiger charge is 2.62. The van der Waals surface area contributed by atoms with Crippen LogP contribution in [0.5, 0.6) is 0 Å². The molecule has 2 aliphatic heterocycles. The van der Waals surface area contributed by atoms with E-state index in [1.165, 1.54) is 12.1 Å². The van der Waals surface area contributed by atoms with E-state index in [-0.39, 0.29) is 28.6 Å². The number of alkyl halides is 3. The number of benzene rings is 1. The van der Waals surface area contributed by atoms with Gasteiger partial charge in [0.15, 0.2) is 0 Å². The normalized spacial score (nSPS) is 21.9. The molecule has 1 atom stereocenters. The Morgan fingerprint density at radius 2 is 1.89 bits per heavy atom. The highest BCUT2D eigenvalue weighted by molar-refractivity contribution is 6.30. The molecule has 0 spiro atoms. The Kier molecular flexibility index (Phi) is 4.96. The molecule has 1 aromatic rings. The molecule has 12 heteroatoms. The summed E-state index contributed by atoms with van der Waals surface area (Å²) in [6, 6.07) is 3.44. The van der Waals surface area contributed by atoms with Crippen molar-refractivity contribution in [2.75, 3.05) is 5.32 Å². The first-order valence-electron chi connectivity index (χ1n) is 7.97. The van der Waals surface area contributed by atoms with Gasteiger partial charge in [-0.05, 0) is 18.2 Å². The number of nitrogens with zero attached hydrogens (tertiary/aromatic N) is 1. The molecular formula is C16H12ClF3N2O6. The number of fused-ring (bicyclic) bond motifs is 1. The molecule has 8 nitrogen and oxygen atoms in total. The number of carbonyl (C=O) groups excluding carboxylic acids is 4. The Morgan fingerprint density at radius 3 is 2.50 bits per heavy atom. The average Bonchev–Trinajstić information content (AvgIpc) is 2.91. The summed E-state index contributed by atoms with van der Waals surface area (Å²) >= 11 is 5.79. The maximum absolute atomic E-state index is 13.9. The predicted molar refractivity (Wildman–Crippen MR) is 85.7 cm³/mol. The predicted octanol–water partition coefficient (Wildman–Crippen LogP) is 3.05. The van der Waals surface area contributed by atoms with Crippen LogP contribution in [0.4, 0.5) is 23.7 Å². The molecule has 0 aliphatic carbocycles. The molecule has 1 saturated heterocycles. The minimum atomic E-state index is -5.09. The van der Waals surface area contributed by atoms with E-state index in [1.807, 2.05) is 0 Å². The number of amides is 3. The molecule has 150 valence electrons. The van der Waals surface area contributed by atoms with Gasteiger partial charge in [-0.25, -0.2) is 9.59 Å². The molecular weight excluding hydrogens is 409 g/mol. The number of cyclic esters (lactones) is 1. The van der Waals surface area contributed by atoms with Crippen LogP contribution in [-0.4, -0.2) is 35.1 Å². The van der Waals surface area contributed by atoms with Crippen LogP contribution >= 0.6 is 11.6 Å². The van der Waals surface area contributed by atoms with Gasteiger partial charge in [0, 0.05) is 29.8 Å². The lowest BCUT2D eigenvalue weighted by Gasteiger charge is -2.39. The number of hydrogen-bond donors (Lipinski definition) is 1. The summed E-state index contributed by atoms with van der Waals surface area (Å²) in [5.74, 6) is -2.80. The third kappa shape index (κ3) is 3.49. The van der Waals surface area contributed by atoms with Crippen molar-refractivity contribution in [2.24, 2.45) is 0 Å². The van der Waals surface area contributed by atoms with E-state index in [9.17, 15) is 32.3 Å². The zero-order valence-corrected chi connectivity index (χ0v) is 14.7. The van der Waals surface area contributed by atoms with Crippen LogP contribution in [0.15, 0.2) is 18.2 Å². The van der Waals surface area contributed by atoms with Gasteiger partial charge < -0.3 is 9.57 Å². The second-order valence-electron chi connectivity index (χ2n) is 6.07. The lowest BCUT2D eigenvalue weighted by atomic mass is 9.85. The fourth-order valence-corrected chi connectivity index (χ4v) is 3.10. The van der Waals surface area contributed by atoms with Crippen LogP contribution < -0.4 is 5.32 Å². The molecule has 3 amide bonds. The highest BCUT2D eigenvalue weighted by Crippen LogP contribution is 2.50. The molecule has 2 aliphatic rings. The third-order valence-electron chi connectivity index (χ3n) is 4.26. The number of carbonyl (C=O) groups is 4. The van der Waals surface area contributed by atoms with E-state index in [4.69, 9.17) is 11.6 Å². The Labute approximate surface area is 160 Å². The molecule has 1 N–H and O–H groups in total. The molecule has 0 saturated carbocycles. The van der Waals surface area contributed by atoms with E-state index < -0.39 is 54.1 Å². The van der Waals surface area contributed by atoms with E-state index in [2.05, 4.69) is 14.9 Å². The van der Waals surface area contributed by atoms with E-state index in [0.717, 1.165) is 6.07 Å². The van der Waals surface area contributed by atoms with Gasteiger partial charge in [-0.2, -0.15) is 13.2 Å². The minimum absolute atomic E-state index is 0.0389. The number of ether oxygens (including phenoxy) is 1. The molecule has 0 bridgehead atoms. The number of rotatable bonds is 4. The van der Waals surface area contributed by atoms with Gasteiger partial charge in [0.05, 0.1) is 12.1 Å². The molecule has 0 unspecified atom stereocenters. The van der Waals surface area contributed by atoms with Gasteiger partial charge in [0.1, 0.15) is 0 Å². The second-order valence-corrected chi connectivity index (χ2v) is 6.51. The second kappa shape index (κ2) is 6.97. The molecule has 3 rings (SSSR count).